The summed E-state index contributed by atoms with van der Waals surface area (Å²) in [6.45, 7) is 6.68. The van der Waals surface area contributed by atoms with Crippen molar-refractivity contribution in [2.75, 3.05) is 13.2 Å². The number of rotatable bonds is 69. The summed E-state index contributed by atoms with van der Waals surface area (Å²) < 4.78 is 16.9. The fourth-order valence-electron chi connectivity index (χ4n) is 11.3. The van der Waals surface area contributed by atoms with Crippen LogP contribution >= 0.6 is 0 Å². The Kier molecular flexibility index (Phi) is 69.1. The number of hydrogen-bond donors (Lipinski definition) is 0. The van der Waals surface area contributed by atoms with Gasteiger partial charge in [-0.3, -0.25) is 14.4 Å². The zero-order chi connectivity index (χ0) is 59.2. The first-order valence-electron chi connectivity index (χ1n) is 37.0. The Bertz CT molecular complexity index is 1370. The van der Waals surface area contributed by atoms with Crippen LogP contribution in [0.3, 0.4) is 0 Å². The molecule has 0 fully saturated rings. The van der Waals surface area contributed by atoms with E-state index in [1.807, 2.05) is 0 Å². The number of allylic oxidation sites excluding steroid dienone is 6. The van der Waals surface area contributed by atoms with Crippen LogP contribution < -0.4 is 0 Å². The van der Waals surface area contributed by atoms with E-state index in [9.17, 15) is 14.4 Å². The van der Waals surface area contributed by atoms with Crippen molar-refractivity contribution in [3.8, 4) is 0 Å². The van der Waals surface area contributed by atoms with Gasteiger partial charge in [-0.25, -0.2) is 0 Å². The predicted octanol–water partition coefficient (Wildman–Crippen LogP) is 25.5. The van der Waals surface area contributed by atoms with Gasteiger partial charge in [-0.05, 0) is 57.8 Å². The molecule has 0 saturated heterocycles. The van der Waals surface area contributed by atoms with E-state index in [0.717, 1.165) is 77.0 Å². The number of carbonyl (C=O) groups is 3. The van der Waals surface area contributed by atoms with Crippen molar-refractivity contribution in [2.45, 2.75) is 419 Å². The van der Waals surface area contributed by atoms with Crippen molar-refractivity contribution < 1.29 is 28.6 Å². The lowest BCUT2D eigenvalue weighted by Gasteiger charge is -2.18. The minimum absolute atomic E-state index is 0.0723. The van der Waals surface area contributed by atoms with E-state index in [-0.39, 0.29) is 31.1 Å². The van der Waals surface area contributed by atoms with Gasteiger partial charge in [0.05, 0.1) is 0 Å². The molecule has 0 radical (unpaired) electrons. The molecule has 0 aromatic carbocycles. The molecular formula is C76H142O6. The summed E-state index contributed by atoms with van der Waals surface area (Å²) >= 11 is 0. The first-order valence-corrected chi connectivity index (χ1v) is 37.0. The molecule has 0 aliphatic carbocycles. The van der Waals surface area contributed by atoms with Gasteiger partial charge in [-0.15, -0.1) is 0 Å². The van der Waals surface area contributed by atoms with Crippen molar-refractivity contribution >= 4 is 17.9 Å². The molecule has 0 rings (SSSR count). The maximum absolute atomic E-state index is 12.9. The number of esters is 3. The predicted molar refractivity (Wildman–Crippen MR) is 358 cm³/mol. The zero-order valence-corrected chi connectivity index (χ0v) is 55.5. The Morgan fingerprint density at radius 3 is 0.683 bits per heavy atom. The van der Waals surface area contributed by atoms with Gasteiger partial charge in [-0.1, -0.05) is 372 Å². The Hall–Kier alpha value is -2.37. The second kappa shape index (κ2) is 71.1. The Balaban J connectivity index is 4.07. The molecule has 1 atom stereocenters. The second-order valence-corrected chi connectivity index (χ2v) is 25.2. The fraction of sp³-hybridized carbons (Fsp3) is 0.882. The largest absolute Gasteiger partial charge is 0.462 e. The third-order valence-corrected chi connectivity index (χ3v) is 16.9. The van der Waals surface area contributed by atoms with Crippen molar-refractivity contribution in [1.82, 2.24) is 0 Å². The topological polar surface area (TPSA) is 78.9 Å². The van der Waals surface area contributed by atoms with Gasteiger partial charge in [0.25, 0.3) is 0 Å². The first-order chi connectivity index (χ1) is 40.5. The van der Waals surface area contributed by atoms with Crippen LogP contribution in [-0.4, -0.2) is 37.2 Å². The third kappa shape index (κ3) is 68.4. The molecule has 0 saturated carbocycles. The van der Waals surface area contributed by atoms with Crippen LogP contribution in [0.4, 0.5) is 0 Å². The molecule has 482 valence electrons. The summed E-state index contributed by atoms with van der Waals surface area (Å²) in [5.41, 5.74) is 0. The van der Waals surface area contributed by atoms with Gasteiger partial charge in [0.1, 0.15) is 13.2 Å². The van der Waals surface area contributed by atoms with Crippen LogP contribution in [0.1, 0.15) is 412 Å². The minimum Gasteiger partial charge on any atom is -0.462 e. The maximum Gasteiger partial charge on any atom is 0.306 e. The number of unbranched alkanes of at least 4 members (excludes halogenated alkanes) is 52. The highest BCUT2D eigenvalue weighted by Crippen LogP contribution is 2.19. The molecule has 0 aliphatic heterocycles. The van der Waals surface area contributed by atoms with Crippen molar-refractivity contribution in [3.63, 3.8) is 0 Å². The molecule has 6 heteroatoms. The summed E-state index contributed by atoms with van der Waals surface area (Å²) in [6.07, 6.45) is 89.2. The lowest BCUT2D eigenvalue weighted by molar-refractivity contribution is -0.167. The molecule has 0 aromatic heterocycles. The number of hydrogen-bond acceptors (Lipinski definition) is 6. The Labute approximate surface area is 512 Å². The van der Waals surface area contributed by atoms with E-state index in [0.29, 0.717) is 19.3 Å². The van der Waals surface area contributed by atoms with Crippen LogP contribution in [0.5, 0.6) is 0 Å². The maximum atomic E-state index is 12.9. The molecule has 0 spiro atoms. The van der Waals surface area contributed by atoms with E-state index >= 15 is 0 Å². The van der Waals surface area contributed by atoms with E-state index in [2.05, 4.69) is 57.2 Å². The molecule has 0 heterocycles. The van der Waals surface area contributed by atoms with Crippen LogP contribution in [0.2, 0.25) is 0 Å². The van der Waals surface area contributed by atoms with Gasteiger partial charge in [-0.2, -0.15) is 0 Å². The van der Waals surface area contributed by atoms with Crippen LogP contribution in [0.15, 0.2) is 36.5 Å². The van der Waals surface area contributed by atoms with Crippen LogP contribution in [0.25, 0.3) is 0 Å². The normalized spacial score (nSPS) is 12.2. The van der Waals surface area contributed by atoms with E-state index in [4.69, 9.17) is 14.2 Å². The summed E-state index contributed by atoms with van der Waals surface area (Å²) in [4.78, 5) is 38.3. The minimum atomic E-state index is -0.776. The molecule has 0 aromatic rings. The highest BCUT2D eigenvalue weighted by Gasteiger charge is 2.19. The lowest BCUT2D eigenvalue weighted by Crippen LogP contribution is -2.30. The van der Waals surface area contributed by atoms with Gasteiger partial charge >= 0.3 is 17.9 Å². The summed E-state index contributed by atoms with van der Waals surface area (Å²) in [5, 5.41) is 0. The summed E-state index contributed by atoms with van der Waals surface area (Å²) in [6, 6.07) is 0. The van der Waals surface area contributed by atoms with Crippen molar-refractivity contribution in [3.05, 3.63) is 36.5 Å². The molecule has 1 unspecified atom stereocenters. The van der Waals surface area contributed by atoms with E-state index in [1.165, 1.54) is 295 Å². The lowest BCUT2D eigenvalue weighted by atomic mass is 10.0. The van der Waals surface area contributed by atoms with Crippen molar-refractivity contribution in [2.24, 2.45) is 0 Å². The number of ether oxygens (including phenoxy) is 3. The first kappa shape index (κ1) is 79.6. The number of carbonyl (C=O) groups excluding carboxylic acids is 3. The Morgan fingerprint density at radius 1 is 0.244 bits per heavy atom. The van der Waals surface area contributed by atoms with Gasteiger partial charge in [0.2, 0.25) is 0 Å². The molecule has 82 heavy (non-hydrogen) atoms. The standard InChI is InChI=1S/C76H142O6/c1-4-7-10-13-16-19-22-24-26-28-30-32-33-34-35-36-37-38-39-40-41-42-43-45-46-48-50-52-54-57-60-63-66-69-75(78)81-72-73(71-80-74(77)68-65-62-59-56-21-18-15-12-9-6-3)82-76(79)70-67-64-61-58-55-53-51-49-47-44-31-29-27-25-23-20-17-14-11-8-5-2/h23,25,29,31,47,49,73H,4-22,24,26-28,30,32-46,48,50-72H2,1-3H3/b25-23-,31-29-,49-47-. The molecular weight excluding hydrogens is 1010 g/mol. The second-order valence-electron chi connectivity index (χ2n) is 25.2. The third-order valence-electron chi connectivity index (χ3n) is 16.9. The van der Waals surface area contributed by atoms with Crippen LogP contribution in [-0.2, 0) is 28.6 Å². The van der Waals surface area contributed by atoms with E-state index in [1.54, 1.807) is 0 Å². The van der Waals surface area contributed by atoms with Gasteiger partial charge in [0.15, 0.2) is 6.10 Å². The van der Waals surface area contributed by atoms with Gasteiger partial charge < -0.3 is 14.2 Å². The fourth-order valence-corrected chi connectivity index (χ4v) is 11.3. The molecule has 0 N–H and O–H groups in total. The molecule has 6 nitrogen and oxygen atoms in total. The van der Waals surface area contributed by atoms with Crippen LogP contribution in [0, 0.1) is 0 Å². The van der Waals surface area contributed by atoms with E-state index < -0.39 is 6.10 Å². The molecule has 0 bridgehead atoms. The highest BCUT2D eigenvalue weighted by molar-refractivity contribution is 5.71. The van der Waals surface area contributed by atoms with Gasteiger partial charge in [0, 0.05) is 19.3 Å². The molecule has 0 amide bonds. The smallest absolute Gasteiger partial charge is 0.306 e. The van der Waals surface area contributed by atoms with Crippen molar-refractivity contribution in [1.29, 1.82) is 0 Å². The summed E-state index contributed by atoms with van der Waals surface area (Å²) in [7, 11) is 0. The zero-order valence-electron chi connectivity index (χ0n) is 55.5. The average Bonchev–Trinajstić information content (AvgIpc) is 3.47. The quantitative estimate of drug-likeness (QED) is 0.0261. The Morgan fingerprint density at radius 2 is 0.439 bits per heavy atom. The SMILES string of the molecule is CCCCCCC/C=C\C/C=C\C/C=C\CCCCCCCCC(=O)OC(COC(=O)CCCCCCCCCCCC)COC(=O)CCCCCCCCCCCCCCCCCCCCCCCCCCCCCCCCCCC. The monoisotopic (exact) mass is 1150 g/mol. The highest BCUT2D eigenvalue weighted by atomic mass is 16.6. The summed E-state index contributed by atoms with van der Waals surface area (Å²) in [5.74, 6) is -0.859. The molecule has 0 aliphatic rings. The average molecular weight is 1150 g/mol.